The molecule has 1 rings (SSSR count). The highest BCUT2D eigenvalue weighted by Crippen LogP contribution is 2.10. The minimum absolute atomic E-state index is 0.0342. The number of carbonyl (C=O) groups is 2. The Labute approximate surface area is 118 Å². The Morgan fingerprint density at radius 2 is 1.90 bits per heavy atom. The van der Waals surface area contributed by atoms with Crippen LogP contribution in [0, 0.1) is 0 Å². The molecular formula is C14H21N3O3. The summed E-state index contributed by atoms with van der Waals surface area (Å²) in [6.07, 6.45) is 0. The summed E-state index contributed by atoms with van der Waals surface area (Å²) in [6, 6.07) is 6.01. The van der Waals surface area contributed by atoms with Crippen LogP contribution in [0.5, 0.6) is 0 Å². The van der Waals surface area contributed by atoms with E-state index in [1.54, 1.807) is 31.2 Å². The fourth-order valence-electron chi connectivity index (χ4n) is 1.52. The number of amides is 3. The van der Waals surface area contributed by atoms with Crippen LogP contribution in [-0.2, 0) is 0 Å². The molecule has 0 aromatic heterocycles. The van der Waals surface area contributed by atoms with E-state index in [4.69, 9.17) is 5.11 Å². The second kappa shape index (κ2) is 7.49. The van der Waals surface area contributed by atoms with Gasteiger partial charge in [0.2, 0.25) is 0 Å². The molecule has 0 fully saturated rings. The fraction of sp³-hybridized carbons (Fsp3) is 0.429. The highest BCUT2D eigenvalue weighted by atomic mass is 16.3. The normalized spacial score (nSPS) is 11.8. The summed E-state index contributed by atoms with van der Waals surface area (Å²) in [7, 11) is 0. The molecule has 0 aliphatic heterocycles. The van der Waals surface area contributed by atoms with Gasteiger partial charge < -0.3 is 21.1 Å². The third-order valence-corrected chi connectivity index (χ3v) is 2.45. The Balaban J connectivity index is 2.70. The predicted molar refractivity (Wildman–Crippen MR) is 77.7 cm³/mol. The highest BCUT2D eigenvalue weighted by molar-refractivity contribution is 5.97. The lowest BCUT2D eigenvalue weighted by Gasteiger charge is -2.13. The van der Waals surface area contributed by atoms with Crippen LogP contribution in [-0.4, -0.2) is 35.7 Å². The summed E-state index contributed by atoms with van der Waals surface area (Å²) < 4.78 is 0. The number of aliphatic hydroxyl groups excluding tert-OH is 1. The first-order valence-electron chi connectivity index (χ1n) is 6.51. The first-order chi connectivity index (χ1) is 9.42. The number of urea groups is 1. The second-order valence-electron chi connectivity index (χ2n) is 4.89. The van der Waals surface area contributed by atoms with E-state index in [0.29, 0.717) is 11.3 Å². The van der Waals surface area contributed by atoms with Crippen LogP contribution in [0.15, 0.2) is 24.3 Å². The Bertz CT molecular complexity index is 474. The van der Waals surface area contributed by atoms with Crippen molar-refractivity contribution < 1.29 is 14.7 Å². The van der Waals surface area contributed by atoms with Gasteiger partial charge in [0.05, 0.1) is 6.61 Å². The van der Waals surface area contributed by atoms with Crippen LogP contribution >= 0.6 is 0 Å². The van der Waals surface area contributed by atoms with Crippen molar-refractivity contribution >= 4 is 17.6 Å². The van der Waals surface area contributed by atoms with E-state index in [9.17, 15) is 9.59 Å². The lowest BCUT2D eigenvalue weighted by atomic mass is 10.1. The minimum Gasteiger partial charge on any atom is -0.394 e. The molecule has 110 valence electrons. The zero-order chi connectivity index (χ0) is 15.1. The highest BCUT2D eigenvalue weighted by Gasteiger charge is 2.10. The van der Waals surface area contributed by atoms with E-state index in [0.717, 1.165) is 0 Å². The Kier molecular flexibility index (Phi) is 5.99. The average molecular weight is 279 g/mol. The van der Waals surface area contributed by atoms with Crippen molar-refractivity contribution in [1.29, 1.82) is 0 Å². The summed E-state index contributed by atoms with van der Waals surface area (Å²) in [6.45, 7) is 5.30. The van der Waals surface area contributed by atoms with Gasteiger partial charge in [-0.2, -0.15) is 0 Å². The molecule has 1 unspecified atom stereocenters. The third kappa shape index (κ3) is 5.27. The topological polar surface area (TPSA) is 90.5 Å². The molecule has 20 heavy (non-hydrogen) atoms. The molecule has 4 N–H and O–H groups in total. The van der Waals surface area contributed by atoms with Gasteiger partial charge >= 0.3 is 6.03 Å². The van der Waals surface area contributed by atoms with Gasteiger partial charge in [-0.3, -0.25) is 4.79 Å². The molecule has 1 aromatic carbocycles. The summed E-state index contributed by atoms with van der Waals surface area (Å²) >= 11 is 0. The van der Waals surface area contributed by atoms with Gasteiger partial charge in [0.1, 0.15) is 0 Å². The van der Waals surface area contributed by atoms with Crippen LogP contribution < -0.4 is 16.0 Å². The van der Waals surface area contributed by atoms with Crippen molar-refractivity contribution in [2.75, 3.05) is 11.9 Å². The number of nitrogens with one attached hydrogen (secondary N) is 3. The van der Waals surface area contributed by atoms with Gasteiger partial charge in [0.25, 0.3) is 5.91 Å². The fourth-order valence-corrected chi connectivity index (χ4v) is 1.52. The van der Waals surface area contributed by atoms with Crippen molar-refractivity contribution in [1.82, 2.24) is 10.6 Å². The summed E-state index contributed by atoms with van der Waals surface area (Å²) in [5.74, 6) is -0.292. The van der Waals surface area contributed by atoms with E-state index in [1.807, 2.05) is 13.8 Å². The van der Waals surface area contributed by atoms with Crippen molar-refractivity contribution in [2.45, 2.75) is 32.9 Å². The minimum atomic E-state index is -0.318. The standard InChI is InChI=1S/C14H21N3O3/c1-9(2)15-14(20)17-12-6-4-5-11(7-12)13(19)16-10(3)8-18/h4-7,9-10,18H,8H2,1-3H3,(H,16,19)(H2,15,17,20). The SMILES string of the molecule is CC(C)NC(=O)Nc1cccc(C(=O)NC(C)CO)c1. The molecule has 1 atom stereocenters. The first-order valence-corrected chi connectivity index (χ1v) is 6.51. The van der Waals surface area contributed by atoms with Crippen LogP contribution in [0.25, 0.3) is 0 Å². The average Bonchev–Trinajstić information content (AvgIpc) is 2.37. The number of aliphatic hydroxyl groups is 1. The molecule has 0 spiro atoms. The van der Waals surface area contributed by atoms with Crippen LogP contribution in [0.3, 0.4) is 0 Å². The first kappa shape index (κ1) is 16.0. The summed E-state index contributed by atoms with van der Waals surface area (Å²) in [4.78, 5) is 23.5. The maximum Gasteiger partial charge on any atom is 0.319 e. The summed E-state index contributed by atoms with van der Waals surface area (Å²) in [5, 5.41) is 16.9. The van der Waals surface area contributed by atoms with E-state index in [1.165, 1.54) is 0 Å². The van der Waals surface area contributed by atoms with Crippen molar-refractivity contribution in [3.8, 4) is 0 Å². The quantitative estimate of drug-likeness (QED) is 0.655. The number of hydrogen-bond acceptors (Lipinski definition) is 3. The molecule has 0 aliphatic carbocycles. The van der Waals surface area contributed by atoms with E-state index < -0.39 is 0 Å². The predicted octanol–water partition coefficient (Wildman–Crippen LogP) is 1.33. The largest absolute Gasteiger partial charge is 0.394 e. The molecule has 6 heteroatoms. The maximum absolute atomic E-state index is 11.9. The van der Waals surface area contributed by atoms with Crippen molar-refractivity contribution in [3.63, 3.8) is 0 Å². The molecule has 0 bridgehead atoms. The molecular weight excluding hydrogens is 258 g/mol. The molecule has 6 nitrogen and oxygen atoms in total. The molecule has 0 saturated heterocycles. The van der Waals surface area contributed by atoms with Gasteiger partial charge in [0, 0.05) is 23.3 Å². The smallest absolute Gasteiger partial charge is 0.319 e. The summed E-state index contributed by atoms with van der Waals surface area (Å²) in [5.41, 5.74) is 0.958. The van der Waals surface area contributed by atoms with Crippen LogP contribution in [0.2, 0.25) is 0 Å². The Morgan fingerprint density at radius 1 is 1.20 bits per heavy atom. The zero-order valence-electron chi connectivity index (χ0n) is 11.9. The van der Waals surface area contributed by atoms with E-state index in [-0.39, 0.29) is 30.6 Å². The number of hydrogen-bond donors (Lipinski definition) is 4. The second-order valence-corrected chi connectivity index (χ2v) is 4.89. The molecule has 0 aliphatic rings. The van der Waals surface area contributed by atoms with Crippen molar-refractivity contribution in [3.05, 3.63) is 29.8 Å². The third-order valence-electron chi connectivity index (χ3n) is 2.45. The number of benzene rings is 1. The van der Waals surface area contributed by atoms with Gasteiger partial charge in [0.15, 0.2) is 0 Å². The maximum atomic E-state index is 11.9. The van der Waals surface area contributed by atoms with Gasteiger partial charge in [-0.05, 0) is 39.0 Å². The Morgan fingerprint density at radius 3 is 2.50 bits per heavy atom. The Hall–Kier alpha value is -2.08. The monoisotopic (exact) mass is 279 g/mol. The van der Waals surface area contributed by atoms with Crippen LogP contribution in [0.1, 0.15) is 31.1 Å². The number of anilines is 1. The van der Waals surface area contributed by atoms with Crippen LogP contribution in [0.4, 0.5) is 10.5 Å². The van der Waals surface area contributed by atoms with E-state index in [2.05, 4.69) is 16.0 Å². The molecule has 0 saturated carbocycles. The lowest BCUT2D eigenvalue weighted by Crippen LogP contribution is -2.35. The number of carbonyl (C=O) groups excluding carboxylic acids is 2. The van der Waals surface area contributed by atoms with Gasteiger partial charge in [-0.25, -0.2) is 4.79 Å². The molecule has 3 amide bonds. The van der Waals surface area contributed by atoms with Gasteiger partial charge in [-0.15, -0.1) is 0 Å². The van der Waals surface area contributed by atoms with Gasteiger partial charge in [-0.1, -0.05) is 6.07 Å². The van der Waals surface area contributed by atoms with Crippen molar-refractivity contribution in [2.24, 2.45) is 0 Å². The molecule has 1 aromatic rings. The lowest BCUT2D eigenvalue weighted by molar-refractivity contribution is 0.0922. The molecule has 0 radical (unpaired) electrons. The number of rotatable bonds is 5. The zero-order valence-corrected chi connectivity index (χ0v) is 11.9. The molecule has 0 heterocycles. The van der Waals surface area contributed by atoms with E-state index >= 15 is 0 Å².